The number of carbonyl (C=O) groups is 2. The van der Waals surface area contributed by atoms with Crippen LogP contribution in [-0.4, -0.2) is 29.9 Å². The number of aliphatic carboxylic acids is 1. The van der Waals surface area contributed by atoms with Gasteiger partial charge in [0, 0.05) is 42.3 Å². The van der Waals surface area contributed by atoms with Gasteiger partial charge in [-0.25, -0.2) is 8.78 Å². The third kappa shape index (κ3) is 5.97. The Hall–Kier alpha value is -3.12. The molecule has 6 heteroatoms. The second-order valence-electron chi connectivity index (χ2n) is 5.83. The first kappa shape index (κ1) is 20.2. The van der Waals surface area contributed by atoms with Gasteiger partial charge in [0.2, 0.25) is 0 Å². The average molecular weight is 371 g/mol. The number of carbonyl (C=O) groups excluding carboxylic acids is 1. The van der Waals surface area contributed by atoms with Crippen molar-refractivity contribution < 1.29 is 23.5 Å². The molecule has 2 N–H and O–H groups in total. The molecular formula is C21H19F2NO3. The van der Waals surface area contributed by atoms with Gasteiger partial charge in [0.05, 0.1) is 0 Å². The van der Waals surface area contributed by atoms with Crippen molar-refractivity contribution in [2.45, 2.75) is 6.92 Å². The minimum Gasteiger partial charge on any atom is -0.481 e. The van der Waals surface area contributed by atoms with Gasteiger partial charge in [0.15, 0.2) is 5.78 Å². The Morgan fingerprint density at radius 1 is 0.926 bits per heavy atom. The molecule has 1 fully saturated rings. The molecule has 0 aliphatic carbocycles. The number of rotatable bonds is 2. The third-order valence-electron chi connectivity index (χ3n) is 3.68. The monoisotopic (exact) mass is 371 g/mol. The minimum atomic E-state index is -0.833. The molecule has 0 unspecified atom stereocenters. The van der Waals surface area contributed by atoms with E-state index in [1.165, 1.54) is 12.1 Å². The zero-order chi connectivity index (χ0) is 19.8. The molecule has 0 spiro atoms. The fourth-order valence-corrected chi connectivity index (χ4v) is 2.49. The van der Waals surface area contributed by atoms with Crippen LogP contribution in [0.3, 0.4) is 0 Å². The average Bonchev–Trinajstić information content (AvgIpc) is 2.61. The molecule has 3 rings (SSSR count). The molecular weight excluding hydrogens is 352 g/mol. The standard InChI is InChI=1S/C19H15F2NO.C2H4O2/c20-17-7-3-1-5-13(17)9-15-11-22-12-16(19(15)23)10-14-6-2-4-8-18(14)21;1-2(3)4/h1-10,22H,11-12H2;1H3,(H,3,4)/b15-9-,16-10+;. The van der Waals surface area contributed by atoms with Gasteiger partial charge in [-0.2, -0.15) is 0 Å². The molecule has 1 saturated heterocycles. The highest BCUT2D eigenvalue weighted by Crippen LogP contribution is 2.19. The van der Waals surface area contributed by atoms with Gasteiger partial charge in [0.25, 0.3) is 5.97 Å². The van der Waals surface area contributed by atoms with Crippen LogP contribution >= 0.6 is 0 Å². The summed E-state index contributed by atoms with van der Waals surface area (Å²) < 4.78 is 27.5. The molecule has 1 aliphatic heterocycles. The normalized spacial score (nSPS) is 16.8. The number of benzene rings is 2. The number of hydrogen-bond acceptors (Lipinski definition) is 3. The lowest BCUT2D eigenvalue weighted by Crippen LogP contribution is -2.32. The second-order valence-corrected chi connectivity index (χ2v) is 5.83. The van der Waals surface area contributed by atoms with Crippen molar-refractivity contribution in [3.05, 3.63) is 82.4 Å². The second kappa shape index (κ2) is 9.54. The highest BCUT2D eigenvalue weighted by atomic mass is 19.1. The first-order chi connectivity index (χ1) is 12.9. The predicted octanol–water partition coefficient (Wildman–Crippen LogP) is 3.70. The number of piperidine rings is 1. The lowest BCUT2D eigenvalue weighted by molar-refractivity contribution is -0.134. The Balaban J connectivity index is 0.000000596. The van der Waals surface area contributed by atoms with Crippen LogP contribution in [-0.2, 0) is 9.59 Å². The minimum absolute atomic E-state index is 0.185. The molecule has 4 nitrogen and oxygen atoms in total. The van der Waals surface area contributed by atoms with Crippen molar-refractivity contribution in [3.63, 3.8) is 0 Å². The Morgan fingerprint density at radius 3 is 1.67 bits per heavy atom. The van der Waals surface area contributed by atoms with E-state index in [2.05, 4.69) is 5.32 Å². The Kier molecular flexibility index (Phi) is 7.14. The summed E-state index contributed by atoms with van der Waals surface area (Å²) in [4.78, 5) is 21.5. The summed E-state index contributed by atoms with van der Waals surface area (Å²) in [6.45, 7) is 1.81. The van der Waals surface area contributed by atoms with Crippen molar-refractivity contribution in [3.8, 4) is 0 Å². The lowest BCUT2D eigenvalue weighted by Gasteiger charge is -2.18. The van der Waals surface area contributed by atoms with Gasteiger partial charge < -0.3 is 10.4 Å². The van der Waals surface area contributed by atoms with Crippen LogP contribution in [0.4, 0.5) is 8.78 Å². The maximum atomic E-state index is 13.7. The van der Waals surface area contributed by atoms with Crippen molar-refractivity contribution in [1.29, 1.82) is 0 Å². The quantitative estimate of drug-likeness (QED) is 0.790. The van der Waals surface area contributed by atoms with Crippen molar-refractivity contribution in [1.82, 2.24) is 5.32 Å². The first-order valence-corrected chi connectivity index (χ1v) is 8.23. The summed E-state index contributed by atoms with van der Waals surface area (Å²) in [5.41, 5.74) is 1.66. The van der Waals surface area contributed by atoms with E-state index in [-0.39, 0.29) is 17.4 Å². The van der Waals surface area contributed by atoms with E-state index in [1.807, 2.05) is 0 Å². The fourth-order valence-electron chi connectivity index (χ4n) is 2.49. The third-order valence-corrected chi connectivity index (χ3v) is 3.68. The Bertz CT molecular complexity index is 834. The molecule has 0 aromatic heterocycles. The molecule has 0 bridgehead atoms. The molecule has 0 radical (unpaired) electrons. The number of halogens is 2. The number of carboxylic acids is 1. The van der Waals surface area contributed by atoms with E-state index in [9.17, 15) is 13.6 Å². The van der Waals surface area contributed by atoms with Crippen molar-refractivity contribution >= 4 is 23.9 Å². The summed E-state index contributed by atoms with van der Waals surface area (Å²) in [5.74, 6) is -1.77. The van der Waals surface area contributed by atoms with Crippen LogP contribution in [0.25, 0.3) is 12.2 Å². The molecule has 2 aromatic rings. The first-order valence-electron chi connectivity index (χ1n) is 8.23. The van der Waals surface area contributed by atoms with Crippen LogP contribution in [0.15, 0.2) is 59.7 Å². The van der Waals surface area contributed by atoms with E-state index >= 15 is 0 Å². The van der Waals surface area contributed by atoms with Gasteiger partial charge in [-0.15, -0.1) is 0 Å². The largest absolute Gasteiger partial charge is 0.481 e. The highest BCUT2D eigenvalue weighted by Gasteiger charge is 2.20. The van der Waals surface area contributed by atoms with Gasteiger partial charge in [0.1, 0.15) is 11.6 Å². The zero-order valence-corrected chi connectivity index (χ0v) is 14.7. The smallest absolute Gasteiger partial charge is 0.300 e. The number of nitrogens with one attached hydrogen (secondary N) is 1. The van der Waals surface area contributed by atoms with Crippen LogP contribution in [0, 0.1) is 11.6 Å². The molecule has 140 valence electrons. The molecule has 0 amide bonds. The maximum absolute atomic E-state index is 13.7. The Labute approximate surface area is 155 Å². The molecule has 2 aromatic carbocycles. The van der Waals surface area contributed by atoms with Crippen molar-refractivity contribution in [2.75, 3.05) is 13.1 Å². The van der Waals surface area contributed by atoms with E-state index in [1.54, 1.807) is 48.6 Å². The molecule has 1 aliphatic rings. The van der Waals surface area contributed by atoms with Gasteiger partial charge in [-0.3, -0.25) is 9.59 Å². The number of ketones is 1. The van der Waals surface area contributed by atoms with E-state index < -0.39 is 5.97 Å². The molecule has 27 heavy (non-hydrogen) atoms. The Morgan fingerprint density at radius 2 is 1.30 bits per heavy atom. The lowest BCUT2D eigenvalue weighted by atomic mass is 9.95. The van der Waals surface area contributed by atoms with Gasteiger partial charge >= 0.3 is 0 Å². The fraction of sp³-hybridized carbons (Fsp3) is 0.143. The van der Waals surface area contributed by atoms with Crippen molar-refractivity contribution in [2.24, 2.45) is 0 Å². The molecule has 0 saturated carbocycles. The van der Waals surface area contributed by atoms with E-state index in [0.29, 0.717) is 35.4 Å². The van der Waals surface area contributed by atoms with Crippen LogP contribution in [0.2, 0.25) is 0 Å². The number of hydrogen-bond donors (Lipinski definition) is 2. The van der Waals surface area contributed by atoms with Gasteiger partial charge in [-0.1, -0.05) is 36.4 Å². The number of carboxylic acid groups (broad SMARTS) is 1. The number of Topliss-reactive ketones (excluding diaryl/α,β-unsaturated/α-hetero) is 1. The summed E-state index contributed by atoms with van der Waals surface area (Å²) in [5, 5.41) is 10.5. The predicted molar refractivity (Wildman–Crippen MR) is 99.9 cm³/mol. The topological polar surface area (TPSA) is 66.4 Å². The van der Waals surface area contributed by atoms with Crippen LogP contribution < -0.4 is 5.32 Å². The van der Waals surface area contributed by atoms with E-state index in [0.717, 1.165) is 6.92 Å². The summed E-state index contributed by atoms with van der Waals surface area (Å²) in [6.07, 6.45) is 3.08. The van der Waals surface area contributed by atoms with Crippen LogP contribution in [0.5, 0.6) is 0 Å². The van der Waals surface area contributed by atoms with E-state index in [4.69, 9.17) is 9.90 Å². The van der Waals surface area contributed by atoms with Crippen LogP contribution in [0.1, 0.15) is 18.1 Å². The summed E-state index contributed by atoms with van der Waals surface area (Å²) in [6, 6.07) is 12.6. The molecule has 0 atom stereocenters. The highest BCUT2D eigenvalue weighted by molar-refractivity contribution is 6.14. The SMILES string of the molecule is CC(=O)O.O=C1/C(=C\c2ccccc2F)CNC/C1=C\c1ccccc1F. The maximum Gasteiger partial charge on any atom is 0.300 e. The zero-order valence-electron chi connectivity index (χ0n) is 14.7. The summed E-state index contributed by atoms with van der Waals surface area (Å²) >= 11 is 0. The van der Waals surface area contributed by atoms with Gasteiger partial charge in [-0.05, 0) is 24.3 Å². The summed E-state index contributed by atoms with van der Waals surface area (Å²) in [7, 11) is 0. The molecule has 1 heterocycles.